The number of benzene rings is 4. The number of ether oxygens (including phenoxy) is 3. The summed E-state index contributed by atoms with van der Waals surface area (Å²) in [6.45, 7) is 0.603. The van der Waals surface area contributed by atoms with E-state index in [1.165, 1.54) is 6.08 Å². The second-order valence-corrected chi connectivity index (χ2v) is 9.94. The van der Waals surface area contributed by atoms with Crippen LogP contribution < -0.4 is 24.4 Å². The van der Waals surface area contributed by atoms with Crippen LogP contribution in [0.5, 0.6) is 17.2 Å². The first-order valence-corrected chi connectivity index (χ1v) is 13.4. The number of urea groups is 1. The number of imide groups is 2. The topological polar surface area (TPSA) is 94.2 Å². The van der Waals surface area contributed by atoms with Crippen LogP contribution in [0.3, 0.4) is 0 Å². The van der Waals surface area contributed by atoms with Gasteiger partial charge in [-0.05, 0) is 59.7 Å². The molecule has 0 spiro atoms. The number of anilines is 1. The second-order valence-electron chi connectivity index (χ2n) is 9.02. The Labute approximate surface area is 245 Å². The van der Waals surface area contributed by atoms with Gasteiger partial charge >= 0.3 is 6.03 Å². The fourth-order valence-electron chi connectivity index (χ4n) is 4.19. The molecule has 1 aliphatic heterocycles. The first-order chi connectivity index (χ1) is 19.9. The van der Waals surface area contributed by atoms with Crippen LogP contribution in [0.1, 0.15) is 16.7 Å². The average Bonchev–Trinajstić information content (AvgIpc) is 2.99. The Kier molecular flexibility index (Phi) is 8.45. The van der Waals surface area contributed by atoms with Gasteiger partial charge in [-0.3, -0.25) is 14.9 Å². The van der Waals surface area contributed by atoms with E-state index in [2.05, 4.69) is 21.2 Å². The van der Waals surface area contributed by atoms with Gasteiger partial charge < -0.3 is 14.2 Å². The van der Waals surface area contributed by atoms with E-state index >= 15 is 0 Å². The fraction of sp³-hybridized carbons (Fsp3) is 0.0938. The van der Waals surface area contributed by atoms with Gasteiger partial charge in [-0.1, -0.05) is 70.5 Å². The molecule has 4 aromatic rings. The number of carbonyl (C=O) groups excluding carboxylic acids is 3. The molecule has 1 saturated heterocycles. The molecule has 4 amide bonds. The van der Waals surface area contributed by atoms with Crippen LogP contribution in [0, 0.1) is 0 Å². The monoisotopic (exact) mass is 612 g/mol. The van der Waals surface area contributed by atoms with E-state index in [9.17, 15) is 14.4 Å². The summed E-state index contributed by atoms with van der Waals surface area (Å²) in [7, 11) is 1.57. The van der Waals surface area contributed by atoms with Crippen molar-refractivity contribution in [1.29, 1.82) is 0 Å². The number of hydrogen-bond acceptors (Lipinski definition) is 6. The quantitative estimate of drug-likeness (QED) is 0.176. The second kappa shape index (κ2) is 12.5. The minimum Gasteiger partial charge on any atom is -0.493 e. The van der Waals surface area contributed by atoms with E-state index < -0.39 is 17.8 Å². The molecule has 9 heteroatoms. The van der Waals surface area contributed by atoms with Crippen LogP contribution in [-0.4, -0.2) is 25.0 Å². The highest BCUT2D eigenvalue weighted by atomic mass is 79.9. The molecule has 0 aliphatic carbocycles. The molecular formula is C32H25BrN2O6. The first kappa shape index (κ1) is 27.7. The highest BCUT2D eigenvalue weighted by Crippen LogP contribution is 2.31. The summed E-state index contributed by atoms with van der Waals surface area (Å²) in [5.74, 6) is 0.123. The zero-order chi connectivity index (χ0) is 28.8. The van der Waals surface area contributed by atoms with Gasteiger partial charge in [0.2, 0.25) is 0 Å². The van der Waals surface area contributed by atoms with Crippen LogP contribution in [0.15, 0.2) is 107 Å². The molecule has 41 heavy (non-hydrogen) atoms. The Hall–Kier alpha value is -4.89. The summed E-state index contributed by atoms with van der Waals surface area (Å²) in [5.41, 5.74) is 2.52. The molecule has 1 fully saturated rings. The maximum Gasteiger partial charge on any atom is 0.335 e. The maximum absolute atomic E-state index is 13.3. The third-order valence-corrected chi connectivity index (χ3v) is 6.79. The van der Waals surface area contributed by atoms with Crippen molar-refractivity contribution < 1.29 is 28.6 Å². The van der Waals surface area contributed by atoms with Crippen molar-refractivity contribution in [3.63, 3.8) is 0 Å². The lowest BCUT2D eigenvalue weighted by Crippen LogP contribution is -2.54. The molecule has 4 aromatic carbocycles. The van der Waals surface area contributed by atoms with Crippen molar-refractivity contribution in [2.75, 3.05) is 12.0 Å². The van der Waals surface area contributed by atoms with Crippen LogP contribution in [0.25, 0.3) is 6.08 Å². The van der Waals surface area contributed by atoms with Gasteiger partial charge in [-0.2, -0.15) is 0 Å². The highest BCUT2D eigenvalue weighted by molar-refractivity contribution is 9.10. The number of hydrogen-bond donors (Lipinski definition) is 1. The lowest BCUT2D eigenvalue weighted by Gasteiger charge is -2.26. The van der Waals surface area contributed by atoms with Crippen molar-refractivity contribution in [1.82, 2.24) is 5.32 Å². The van der Waals surface area contributed by atoms with E-state index in [4.69, 9.17) is 14.2 Å². The predicted octanol–water partition coefficient (Wildman–Crippen LogP) is 6.28. The molecule has 0 atom stereocenters. The van der Waals surface area contributed by atoms with Crippen LogP contribution in [-0.2, 0) is 22.8 Å². The van der Waals surface area contributed by atoms with E-state index in [-0.39, 0.29) is 12.2 Å². The zero-order valence-corrected chi connectivity index (χ0v) is 23.6. The number of amides is 4. The van der Waals surface area contributed by atoms with E-state index in [0.29, 0.717) is 35.1 Å². The summed E-state index contributed by atoms with van der Waals surface area (Å²) in [4.78, 5) is 39.4. The summed E-state index contributed by atoms with van der Waals surface area (Å²) in [6, 6.07) is 28.2. The first-order valence-electron chi connectivity index (χ1n) is 12.7. The zero-order valence-electron chi connectivity index (χ0n) is 22.0. The van der Waals surface area contributed by atoms with E-state index in [1.54, 1.807) is 55.6 Å². The van der Waals surface area contributed by atoms with E-state index in [0.717, 1.165) is 20.5 Å². The molecule has 8 nitrogen and oxygen atoms in total. The summed E-state index contributed by atoms with van der Waals surface area (Å²) in [6.07, 6.45) is 1.42. The average molecular weight is 613 g/mol. The van der Waals surface area contributed by atoms with Crippen molar-refractivity contribution in [2.24, 2.45) is 0 Å². The number of methoxy groups -OCH3 is 1. The van der Waals surface area contributed by atoms with Crippen LogP contribution in [0.2, 0.25) is 0 Å². The molecule has 5 rings (SSSR count). The van der Waals surface area contributed by atoms with Gasteiger partial charge in [0.15, 0.2) is 11.5 Å². The van der Waals surface area contributed by atoms with Gasteiger partial charge in [-0.15, -0.1) is 0 Å². The lowest BCUT2D eigenvalue weighted by atomic mass is 10.1. The third kappa shape index (κ3) is 6.47. The van der Waals surface area contributed by atoms with E-state index in [1.807, 2.05) is 48.5 Å². The number of halogens is 1. The molecule has 0 unspecified atom stereocenters. The predicted molar refractivity (Wildman–Crippen MR) is 158 cm³/mol. The number of nitrogens with one attached hydrogen (secondary N) is 1. The summed E-state index contributed by atoms with van der Waals surface area (Å²) >= 11 is 3.34. The van der Waals surface area contributed by atoms with Gasteiger partial charge in [-0.25, -0.2) is 9.69 Å². The van der Waals surface area contributed by atoms with Gasteiger partial charge in [0, 0.05) is 10.0 Å². The van der Waals surface area contributed by atoms with Crippen molar-refractivity contribution >= 4 is 45.5 Å². The number of nitrogens with zero attached hydrogens (tertiary/aromatic N) is 1. The van der Waals surface area contributed by atoms with Gasteiger partial charge in [0.1, 0.15) is 24.5 Å². The third-order valence-electron chi connectivity index (χ3n) is 6.26. The minimum absolute atomic E-state index is 0.190. The Morgan fingerprint density at radius 3 is 2.20 bits per heavy atom. The van der Waals surface area contributed by atoms with Crippen molar-refractivity contribution in [2.45, 2.75) is 13.2 Å². The van der Waals surface area contributed by atoms with Gasteiger partial charge in [0.25, 0.3) is 11.8 Å². The SMILES string of the molecule is COc1cc(COc2ccccc2/C=C2\C(=O)NC(=O)N(c3ccc(Br)cc3)C2=O)ccc1OCc1ccccc1. The number of barbiturate groups is 1. The fourth-order valence-corrected chi connectivity index (χ4v) is 4.45. The van der Waals surface area contributed by atoms with Crippen LogP contribution in [0.4, 0.5) is 10.5 Å². The largest absolute Gasteiger partial charge is 0.493 e. The standard InChI is InChI=1S/C32H25BrN2O6/c1-39-29-17-22(11-16-28(29)41-19-21-7-3-2-4-8-21)20-40-27-10-6-5-9-23(27)18-26-30(36)34-32(38)35(31(26)37)25-14-12-24(33)13-15-25/h2-18H,19-20H2,1H3,(H,34,36,38)/b26-18+. The lowest BCUT2D eigenvalue weighted by molar-refractivity contribution is -0.122. The smallest absolute Gasteiger partial charge is 0.335 e. The number of carbonyl (C=O) groups is 3. The summed E-state index contributed by atoms with van der Waals surface area (Å²) in [5, 5.41) is 2.24. The molecule has 0 aromatic heterocycles. The molecule has 1 aliphatic rings. The number of rotatable bonds is 9. The molecule has 206 valence electrons. The maximum atomic E-state index is 13.3. The highest BCUT2D eigenvalue weighted by Gasteiger charge is 2.37. The Morgan fingerprint density at radius 2 is 1.44 bits per heavy atom. The normalized spacial score (nSPS) is 14.1. The van der Waals surface area contributed by atoms with Crippen LogP contribution >= 0.6 is 15.9 Å². The number of para-hydroxylation sites is 1. The Balaban J connectivity index is 1.33. The minimum atomic E-state index is -0.811. The molecular weight excluding hydrogens is 588 g/mol. The molecule has 0 radical (unpaired) electrons. The molecule has 0 bridgehead atoms. The Morgan fingerprint density at radius 1 is 0.756 bits per heavy atom. The molecule has 1 N–H and O–H groups in total. The van der Waals surface area contributed by atoms with Crippen molar-refractivity contribution in [3.05, 3.63) is 124 Å². The molecule has 1 heterocycles. The van der Waals surface area contributed by atoms with Gasteiger partial charge in [0.05, 0.1) is 12.8 Å². The molecule has 0 saturated carbocycles. The Bertz CT molecular complexity index is 1620. The summed E-state index contributed by atoms with van der Waals surface area (Å²) < 4.78 is 18.3. The van der Waals surface area contributed by atoms with Crippen molar-refractivity contribution in [3.8, 4) is 17.2 Å².